The van der Waals surface area contributed by atoms with Crippen molar-refractivity contribution in [1.29, 1.82) is 0 Å². The highest BCUT2D eigenvalue weighted by molar-refractivity contribution is 6.50. The lowest BCUT2D eigenvalue weighted by Gasteiger charge is -2.28. The van der Waals surface area contributed by atoms with E-state index in [2.05, 4.69) is 56.9 Å². The number of aryl methyl sites for hydroxylation is 1. The lowest BCUT2D eigenvalue weighted by Crippen LogP contribution is -2.36. The predicted octanol–water partition coefficient (Wildman–Crippen LogP) is 5.46. The summed E-state index contributed by atoms with van der Waals surface area (Å²) in [4.78, 5) is 2.36. The average Bonchev–Trinajstić information content (AvgIpc) is 2.53. The summed E-state index contributed by atoms with van der Waals surface area (Å²) in [6, 6.07) is 8.69. The van der Waals surface area contributed by atoms with Crippen molar-refractivity contribution in [2.45, 2.75) is 33.1 Å². The molecule has 8 heteroatoms. The minimum Gasteiger partial charge on any atom is -0.418 e. The second kappa shape index (κ2) is 7.82. The summed E-state index contributed by atoms with van der Waals surface area (Å²) in [5.74, 6) is 1.03. The zero-order chi connectivity index (χ0) is 19.5. The third kappa shape index (κ3) is 5.86. The van der Waals surface area contributed by atoms with Crippen molar-refractivity contribution >= 4 is 23.9 Å². The van der Waals surface area contributed by atoms with Gasteiger partial charge in [0.05, 0.1) is 30.1 Å². The molecule has 0 amide bonds. The van der Waals surface area contributed by atoms with Crippen LogP contribution in [0.4, 0.5) is 23.0 Å². The first-order chi connectivity index (χ1) is 11.9. The first-order valence-electron chi connectivity index (χ1n) is 8.53. The number of nitrogens with zero attached hydrogens (tertiary/aromatic N) is 1. The molecule has 1 saturated heterocycles. The minimum atomic E-state index is -6.00. The summed E-state index contributed by atoms with van der Waals surface area (Å²) < 4.78 is 50.6. The van der Waals surface area contributed by atoms with E-state index < -0.39 is 7.25 Å². The fraction of sp³-hybridized carbons (Fsp3) is 0.500. The van der Waals surface area contributed by atoms with Crippen LogP contribution in [0.25, 0.3) is 11.0 Å². The molecule has 0 unspecified atom stereocenters. The molecule has 1 fully saturated rings. The normalized spacial score (nSPS) is 15.6. The number of ether oxygens (including phenoxy) is 1. The summed E-state index contributed by atoms with van der Waals surface area (Å²) >= 11 is 0. The molecular weight excluding hydrogens is 349 g/mol. The van der Waals surface area contributed by atoms with Gasteiger partial charge in [0.15, 0.2) is 0 Å². The molecule has 2 aromatic rings. The highest BCUT2D eigenvalue weighted by Crippen LogP contribution is 2.31. The maximum atomic E-state index is 9.75. The van der Waals surface area contributed by atoms with Crippen LogP contribution in [-0.2, 0) is 10.2 Å². The Morgan fingerprint density at radius 1 is 1.04 bits per heavy atom. The Labute approximate surface area is 151 Å². The molecule has 0 spiro atoms. The minimum absolute atomic E-state index is 0.0217. The summed E-state index contributed by atoms with van der Waals surface area (Å²) in [6.07, 6.45) is 0. The number of halogens is 4. The highest BCUT2D eigenvalue weighted by Gasteiger charge is 2.28. The second-order valence-corrected chi connectivity index (χ2v) is 7.32. The van der Waals surface area contributed by atoms with Crippen molar-refractivity contribution < 1.29 is 26.4 Å². The van der Waals surface area contributed by atoms with Gasteiger partial charge >= 0.3 is 18.6 Å². The van der Waals surface area contributed by atoms with Gasteiger partial charge in [-0.25, -0.2) is 4.42 Å². The van der Waals surface area contributed by atoms with E-state index in [4.69, 9.17) is 9.15 Å². The zero-order valence-corrected chi connectivity index (χ0v) is 15.5. The first kappa shape index (κ1) is 20.5. The molecule has 0 radical (unpaired) electrons. The number of morpholine rings is 1. The van der Waals surface area contributed by atoms with Gasteiger partial charge in [-0.3, -0.25) is 0 Å². The molecule has 0 bridgehead atoms. The predicted molar refractivity (Wildman–Crippen MR) is 97.3 cm³/mol. The number of fused-ring (bicyclic) bond motifs is 1. The molecule has 1 aromatic heterocycles. The van der Waals surface area contributed by atoms with E-state index in [9.17, 15) is 17.3 Å². The third-order valence-electron chi connectivity index (χ3n) is 4.07. The highest BCUT2D eigenvalue weighted by atomic mass is 19.5. The molecule has 26 heavy (non-hydrogen) atoms. The van der Waals surface area contributed by atoms with Gasteiger partial charge in [0, 0.05) is 24.8 Å². The van der Waals surface area contributed by atoms with Crippen LogP contribution >= 0.6 is 0 Å². The standard InChI is InChI=1S/C18H24NO2.BF4/c1-13-11-17(18(2,3)4)21-16-12-14(5-6-15(13)16)19-7-9-20-10-8-19;2-1(3,4)5/h5-6,11-12H,7-10H2,1-4H3;/q+1;-1. The molecule has 1 aliphatic heterocycles. The number of benzene rings is 1. The third-order valence-corrected chi connectivity index (χ3v) is 4.07. The van der Waals surface area contributed by atoms with Gasteiger partial charge < -0.3 is 26.9 Å². The molecule has 0 aliphatic carbocycles. The van der Waals surface area contributed by atoms with Crippen LogP contribution < -0.4 is 4.90 Å². The van der Waals surface area contributed by atoms with Gasteiger partial charge in [-0.05, 0) is 45.4 Å². The van der Waals surface area contributed by atoms with Crippen molar-refractivity contribution in [3.8, 4) is 0 Å². The second-order valence-electron chi connectivity index (χ2n) is 7.32. The SMILES string of the molecule is Cc1cc(C(C)(C)C)[o+]c2cc(N3CCOCC3)ccc12.F[B-](F)(F)F. The summed E-state index contributed by atoms with van der Waals surface area (Å²) in [7, 11) is -6.00. The molecule has 0 atom stereocenters. The molecule has 0 N–H and O–H groups in total. The zero-order valence-electron chi connectivity index (χ0n) is 15.5. The van der Waals surface area contributed by atoms with Crippen molar-refractivity contribution in [3.63, 3.8) is 0 Å². The van der Waals surface area contributed by atoms with Crippen LogP contribution in [-0.4, -0.2) is 33.6 Å². The maximum absolute atomic E-state index is 9.75. The van der Waals surface area contributed by atoms with Crippen LogP contribution in [0.15, 0.2) is 28.7 Å². The van der Waals surface area contributed by atoms with Gasteiger partial charge in [-0.1, -0.05) is 0 Å². The summed E-state index contributed by atoms with van der Waals surface area (Å²) in [5.41, 5.74) is 3.49. The fourth-order valence-electron chi connectivity index (χ4n) is 2.73. The van der Waals surface area contributed by atoms with Crippen LogP contribution in [0.5, 0.6) is 0 Å². The van der Waals surface area contributed by atoms with Gasteiger partial charge in [-0.2, -0.15) is 0 Å². The Morgan fingerprint density at radius 3 is 2.15 bits per heavy atom. The summed E-state index contributed by atoms with van der Waals surface area (Å²) in [5, 5.41) is 1.19. The van der Waals surface area contributed by atoms with Gasteiger partial charge in [0.25, 0.3) is 0 Å². The van der Waals surface area contributed by atoms with E-state index in [1.54, 1.807) is 0 Å². The lowest BCUT2D eigenvalue weighted by atomic mass is 9.91. The Bertz CT molecular complexity index is 747. The molecule has 3 rings (SSSR count). The van der Waals surface area contributed by atoms with E-state index in [0.29, 0.717) is 0 Å². The van der Waals surface area contributed by atoms with E-state index >= 15 is 0 Å². The van der Waals surface area contributed by atoms with E-state index in [1.807, 2.05) is 0 Å². The van der Waals surface area contributed by atoms with Crippen molar-refractivity contribution in [1.82, 2.24) is 0 Å². The smallest absolute Gasteiger partial charge is 0.418 e. The van der Waals surface area contributed by atoms with Gasteiger partial charge in [0.2, 0.25) is 0 Å². The largest absolute Gasteiger partial charge is 0.673 e. The van der Waals surface area contributed by atoms with Crippen LogP contribution in [0, 0.1) is 6.92 Å². The van der Waals surface area contributed by atoms with Gasteiger partial charge in [-0.15, -0.1) is 0 Å². The molecule has 1 aliphatic rings. The Balaban J connectivity index is 0.000000431. The average molecular weight is 373 g/mol. The van der Waals surface area contributed by atoms with Gasteiger partial charge in [0.1, 0.15) is 0 Å². The van der Waals surface area contributed by atoms with E-state index in [0.717, 1.165) is 37.6 Å². The fourth-order valence-corrected chi connectivity index (χ4v) is 2.73. The number of hydrogen-bond donors (Lipinski definition) is 0. The monoisotopic (exact) mass is 373 g/mol. The van der Waals surface area contributed by atoms with Crippen molar-refractivity contribution in [3.05, 3.63) is 35.6 Å². The molecule has 1 aromatic carbocycles. The number of rotatable bonds is 1. The van der Waals surface area contributed by atoms with Crippen LogP contribution in [0.3, 0.4) is 0 Å². The first-order valence-corrected chi connectivity index (χ1v) is 8.53. The molecule has 144 valence electrons. The molecular formula is C18H24BF4NO2. The number of hydrogen-bond acceptors (Lipinski definition) is 2. The number of anilines is 1. The van der Waals surface area contributed by atoms with E-state index in [1.165, 1.54) is 16.6 Å². The van der Waals surface area contributed by atoms with E-state index in [-0.39, 0.29) is 5.41 Å². The Morgan fingerprint density at radius 2 is 1.62 bits per heavy atom. The molecule has 2 heterocycles. The van der Waals surface area contributed by atoms with Crippen molar-refractivity contribution in [2.75, 3.05) is 31.2 Å². The van der Waals surface area contributed by atoms with Crippen LogP contribution in [0.1, 0.15) is 32.1 Å². The van der Waals surface area contributed by atoms with Crippen molar-refractivity contribution in [2.24, 2.45) is 0 Å². The molecule has 3 nitrogen and oxygen atoms in total. The van der Waals surface area contributed by atoms with Crippen LogP contribution in [0.2, 0.25) is 0 Å². The Hall–Kier alpha value is -1.83. The summed E-state index contributed by atoms with van der Waals surface area (Å²) in [6.45, 7) is 12.2. The maximum Gasteiger partial charge on any atom is 0.673 e. The Kier molecular flexibility index (Phi) is 6.16. The lowest BCUT2D eigenvalue weighted by molar-refractivity contribution is 0.122. The topological polar surface area (TPSA) is 23.8 Å². The quantitative estimate of drug-likeness (QED) is 0.377. The molecule has 0 saturated carbocycles.